The maximum absolute atomic E-state index is 13.1. The van der Waals surface area contributed by atoms with Gasteiger partial charge in [0, 0.05) is 12.2 Å². The summed E-state index contributed by atoms with van der Waals surface area (Å²) in [7, 11) is 1.34. The molecule has 6 heteroatoms. The highest BCUT2D eigenvalue weighted by molar-refractivity contribution is 6.24. The fourth-order valence-corrected chi connectivity index (χ4v) is 4.02. The van der Waals surface area contributed by atoms with Crippen molar-refractivity contribution in [2.45, 2.75) is 26.3 Å². The Kier molecular flexibility index (Phi) is 7.18. The van der Waals surface area contributed by atoms with Crippen LogP contribution in [0.1, 0.15) is 46.8 Å². The molecule has 1 unspecified atom stereocenters. The normalized spacial score (nSPS) is 15.2. The minimum absolute atomic E-state index is 0.172. The number of esters is 1. The predicted octanol–water partition coefficient (Wildman–Crippen LogP) is 5.08. The van der Waals surface area contributed by atoms with E-state index in [1.807, 2.05) is 42.5 Å². The number of rotatable bonds is 8. The fourth-order valence-electron chi connectivity index (χ4n) is 4.02. The van der Waals surface area contributed by atoms with Gasteiger partial charge in [-0.05, 0) is 53.4 Å². The van der Waals surface area contributed by atoms with E-state index < -0.39 is 11.9 Å². The molecule has 3 aromatic carbocycles. The Labute approximate surface area is 200 Å². The molecule has 0 radical (unpaired) electrons. The molecule has 2 N–H and O–H groups in total. The van der Waals surface area contributed by atoms with E-state index in [2.05, 4.69) is 36.6 Å². The predicted molar refractivity (Wildman–Crippen MR) is 135 cm³/mol. The lowest BCUT2D eigenvalue weighted by Crippen LogP contribution is -2.22. The molecule has 1 aliphatic rings. The van der Waals surface area contributed by atoms with Gasteiger partial charge in [-0.25, -0.2) is 4.79 Å². The Hall–Kier alpha value is -3.77. The maximum Gasteiger partial charge on any atom is 0.337 e. The number of hydrogen-bond acceptors (Lipinski definition) is 5. The molecule has 174 valence electrons. The van der Waals surface area contributed by atoms with E-state index in [1.165, 1.54) is 12.7 Å². The van der Waals surface area contributed by atoms with E-state index in [9.17, 15) is 9.59 Å². The lowest BCUT2D eigenvalue weighted by atomic mass is 9.90. The number of carbonyl (C=O) groups excluding carboxylic acids is 2. The summed E-state index contributed by atoms with van der Waals surface area (Å²) in [5, 5.41) is 6.35. The zero-order valence-corrected chi connectivity index (χ0v) is 19.7. The Morgan fingerprint density at radius 1 is 1.03 bits per heavy atom. The molecule has 0 bridgehead atoms. The number of ether oxygens (including phenoxy) is 1. The topological polar surface area (TPSA) is 79.8 Å². The van der Waals surface area contributed by atoms with Crippen molar-refractivity contribution in [2.75, 3.05) is 19.0 Å². The minimum atomic E-state index is -0.587. The van der Waals surface area contributed by atoms with Gasteiger partial charge >= 0.3 is 5.97 Å². The van der Waals surface area contributed by atoms with Crippen molar-refractivity contribution in [3.05, 3.63) is 95.1 Å². The summed E-state index contributed by atoms with van der Waals surface area (Å²) >= 11 is 0. The van der Waals surface area contributed by atoms with Gasteiger partial charge in [-0.15, -0.1) is 0 Å². The molecule has 3 aromatic rings. The molecule has 4 rings (SSSR count). The summed E-state index contributed by atoms with van der Waals surface area (Å²) in [4.78, 5) is 30.0. The first-order valence-corrected chi connectivity index (χ1v) is 11.4. The molecule has 0 saturated heterocycles. The van der Waals surface area contributed by atoms with Gasteiger partial charge in [-0.3, -0.25) is 9.79 Å². The van der Waals surface area contributed by atoms with Gasteiger partial charge in [-0.2, -0.15) is 0 Å². The van der Waals surface area contributed by atoms with Crippen LogP contribution in [0.2, 0.25) is 0 Å². The van der Waals surface area contributed by atoms with E-state index in [0.29, 0.717) is 22.9 Å². The van der Waals surface area contributed by atoms with E-state index in [-0.39, 0.29) is 5.91 Å². The molecule has 6 nitrogen and oxygen atoms in total. The summed E-state index contributed by atoms with van der Waals surface area (Å²) < 4.78 is 4.81. The highest BCUT2D eigenvalue weighted by Gasteiger charge is 2.35. The zero-order chi connectivity index (χ0) is 24.1. The van der Waals surface area contributed by atoms with E-state index in [4.69, 9.17) is 9.73 Å². The second-order valence-corrected chi connectivity index (χ2v) is 8.77. The van der Waals surface area contributed by atoms with Crippen molar-refractivity contribution in [2.24, 2.45) is 10.9 Å². The molecule has 0 fully saturated rings. The van der Waals surface area contributed by atoms with Crippen LogP contribution in [-0.4, -0.2) is 31.2 Å². The highest BCUT2D eigenvalue weighted by Crippen LogP contribution is 2.37. The number of amides is 1. The first-order chi connectivity index (χ1) is 16.5. The largest absolute Gasteiger partial charge is 0.465 e. The smallest absolute Gasteiger partial charge is 0.337 e. The SMILES string of the molecule is COC(=O)c1ccc2c(c1)NC(=O)C2C(=Nc1ccc(CNCC(C)C)cc1)c1ccccc1. The van der Waals surface area contributed by atoms with Crippen molar-refractivity contribution in [1.29, 1.82) is 0 Å². The number of hydrogen-bond donors (Lipinski definition) is 2. The summed E-state index contributed by atoms with van der Waals surface area (Å²) in [6, 6.07) is 22.9. The summed E-state index contributed by atoms with van der Waals surface area (Å²) in [5.41, 5.74) is 5.27. The van der Waals surface area contributed by atoms with Crippen LogP contribution in [0.15, 0.2) is 77.8 Å². The first-order valence-electron chi connectivity index (χ1n) is 11.4. The van der Waals surface area contributed by atoms with Gasteiger partial charge in [0.2, 0.25) is 5.91 Å². The van der Waals surface area contributed by atoms with Crippen molar-refractivity contribution in [3.63, 3.8) is 0 Å². The van der Waals surface area contributed by atoms with Crippen molar-refractivity contribution in [3.8, 4) is 0 Å². The van der Waals surface area contributed by atoms with Crippen LogP contribution in [0.4, 0.5) is 11.4 Å². The van der Waals surface area contributed by atoms with E-state index in [0.717, 1.165) is 29.9 Å². The van der Waals surface area contributed by atoms with Gasteiger partial charge < -0.3 is 15.4 Å². The lowest BCUT2D eigenvalue weighted by molar-refractivity contribution is -0.115. The number of methoxy groups -OCH3 is 1. The number of nitrogens with zero attached hydrogens (tertiary/aromatic N) is 1. The molecule has 1 amide bonds. The number of benzene rings is 3. The third-order valence-corrected chi connectivity index (χ3v) is 5.72. The second-order valence-electron chi connectivity index (χ2n) is 8.77. The van der Waals surface area contributed by atoms with Gasteiger partial charge in [0.25, 0.3) is 0 Å². The lowest BCUT2D eigenvalue weighted by Gasteiger charge is -2.14. The Morgan fingerprint density at radius 2 is 1.76 bits per heavy atom. The molecule has 34 heavy (non-hydrogen) atoms. The molecule has 1 aliphatic heterocycles. The van der Waals surface area contributed by atoms with Crippen molar-refractivity contribution >= 4 is 29.0 Å². The summed E-state index contributed by atoms with van der Waals surface area (Å²) in [6.07, 6.45) is 0. The van der Waals surface area contributed by atoms with Crippen LogP contribution in [0.25, 0.3) is 0 Å². The molecule has 0 saturated carbocycles. The summed E-state index contributed by atoms with van der Waals surface area (Å²) in [6.45, 7) is 6.13. The molecule has 0 aliphatic carbocycles. The molecular weight excluding hydrogens is 426 g/mol. The Bertz CT molecular complexity index is 1200. The fraction of sp³-hybridized carbons (Fsp3) is 0.250. The molecule has 0 aromatic heterocycles. The van der Waals surface area contributed by atoms with Gasteiger partial charge in [0.1, 0.15) is 5.92 Å². The zero-order valence-electron chi connectivity index (χ0n) is 19.7. The van der Waals surface area contributed by atoms with Crippen LogP contribution in [0.5, 0.6) is 0 Å². The van der Waals surface area contributed by atoms with Crippen molar-refractivity contribution in [1.82, 2.24) is 5.32 Å². The van der Waals surface area contributed by atoms with E-state index >= 15 is 0 Å². The van der Waals surface area contributed by atoms with Crippen LogP contribution >= 0.6 is 0 Å². The van der Waals surface area contributed by atoms with E-state index in [1.54, 1.807) is 18.2 Å². The van der Waals surface area contributed by atoms with Crippen LogP contribution in [0, 0.1) is 5.92 Å². The van der Waals surface area contributed by atoms with Crippen LogP contribution in [-0.2, 0) is 16.1 Å². The highest BCUT2D eigenvalue weighted by atomic mass is 16.5. The summed E-state index contributed by atoms with van der Waals surface area (Å²) in [5.74, 6) is -0.604. The maximum atomic E-state index is 13.1. The standard InChI is InChI=1S/C28H29N3O3/c1-18(2)16-29-17-19-9-12-22(13-10-19)30-26(20-7-5-4-6-8-20)25-23-14-11-21(28(33)34-3)15-24(23)31-27(25)32/h4-15,18,25,29H,16-17H2,1-3H3,(H,31,32). The minimum Gasteiger partial charge on any atom is -0.465 e. The number of fused-ring (bicyclic) bond motifs is 1. The van der Waals surface area contributed by atoms with Gasteiger partial charge in [-0.1, -0.05) is 62.4 Å². The van der Waals surface area contributed by atoms with Gasteiger partial charge in [0.05, 0.1) is 24.1 Å². The van der Waals surface area contributed by atoms with Crippen LogP contribution < -0.4 is 10.6 Å². The molecular formula is C28H29N3O3. The first kappa shape index (κ1) is 23.4. The molecule has 0 spiro atoms. The number of nitrogens with one attached hydrogen (secondary N) is 2. The molecule has 1 heterocycles. The number of aliphatic imine (C=N–C) groups is 1. The average Bonchev–Trinajstić information content (AvgIpc) is 3.18. The third-order valence-electron chi connectivity index (χ3n) is 5.72. The van der Waals surface area contributed by atoms with Gasteiger partial charge in [0.15, 0.2) is 0 Å². The Morgan fingerprint density at radius 3 is 2.44 bits per heavy atom. The number of carbonyl (C=O) groups is 2. The van der Waals surface area contributed by atoms with Crippen molar-refractivity contribution < 1.29 is 14.3 Å². The number of anilines is 1. The quantitative estimate of drug-likeness (QED) is 0.367. The molecule has 1 atom stereocenters. The second kappa shape index (κ2) is 10.4. The monoisotopic (exact) mass is 455 g/mol. The Balaban J connectivity index is 1.68. The van der Waals surface area contributed by atoms with Crippen LogP contribution in [0.3, 0.4) is 0 Å². The third kappa shape index (κ3) is 5.24. The average molecular weight is 456 g/mol.